The molecule has 0 fully saturated rings. The normalized spacial score (nSPS) is 19.1. The van der Waals surface area contributed by atoms with Crippen LogP contribution in [0.5, 0.6) is 5.88 Å². The van der Waals surface area contributed by atoms with Gasteiger partial charge in [-0.1, -0.05) is 20.8 Å². The van der Waals surface area contributed by atoms with Crippen LogP contribution in [-0.4, -0.2) is 32.3 Å². The molecule has 0 spiro atoms. The third-order valence-corrected chi connectivity index (χ3v) is 4.14. The summed E-state index contributed by atoms with van der Waals surface area (Å²) in [6, 6.07) is 2.03. The summed E-state index contributed by atoms with van der Waals surface area (Å²) in [7, 11) is 0. The maximum absolute atomic E-state index is 9.93. The Hall–Kier alpha value is -1.75. The number of ether oxygens (including phenoxy) is 1. The van der Waals surface area contributed by atoms with Crippen LogP contribution in [0.2, 0.25) is 0 Å². The quantitative estimate of drug-likeness (QED) is 0.944. The van der Waals surface area contributed by atoms with Gasteiger partial charge in [0.2, 0.25) is 5.88 Å². The first-order valence-corrected chi connectivity index (χ1v) is 8.04. The molecule has 5 nitrogen and oxygen atoms in total. The molecule has 1 N–H and O–H groups in total. The van der Waals surface area contributed by atoms with Crippen LogP contribution in [0.3, 0.4) is 0 Å². The predicted molar refractivity (Wildman–Crippen MR) is 85.2 cm³/mol. The number of nitrogens with zero attached hydrogens (tertiary/aromatic N) is 3. The number of hydrogen-bond acceptors (Lipinski definition) is 5. The van der Waals surface area contributed by atoms with Crippen molar-refractivity contribution in [3.63, 3.8) is 0 Å². The first-order chi connectivity index (χ1) is 10.5. The number of aliphatic hydroxyl groups is 1. The summed E-state index contributed by atoms with van der Waals surface area (Å²) < 4.78 is 6.01. The van der Waals surface area contributed by atoms with E-state index in [9.17, 15) is 5.11 Å². The van der Waals surface area contributed by atoms with Gasteiger partial charge in [0.05, 0.1) is 22.7 Å². The lowest BCUT2D eigenvalue weighted by Gasteiger charge is -2.19. The van der Waals surface area contributed by atoms with Crippen LogP contribution in [0, 0.1) is 0 Å². The summed E-state index contributed by atoms with van der Waals surface area (Å²) in [6.45, 7) is 7.99. The summed E-state index contributed by atoms with van der Waals surface area (Å²) in [6.07, 6.45) is 1.60. The van der Waals surface area contributed by atoms with Crippen LogP contribution in [-0.2, 0) is 12.8 Å². The number of pyridine rings is 1. The standard InChI is InChI=1S/C17H23N3O2/c1-5-11-8-13-15-12(18-11)6-7-14(10(4)21)22-17(15)20-16(19-13)9(2)3/h8-10,14,21H,5-7H2,1-4H3/t10?,14-/m1/s1. The fourth-order valence-corrected chi connectivity index (χ4v) is 2.80. The lowest BCUT2D eigenvalue weighted by molar-refractivity contribution is 0.0431. The molecule has 0 aliphatic carbocycles. The van der Waals surface area contributed by atoms with Crippen molar-refractivity contribution < 1.29 is 9.84 Å². The molecular weight excluding hydrogens is 278 g/mol. The largest absolute Gasteiger partial charge is 0.471 e. The second-order valence-electron chi connectivity index (χ2n) is 6.29. The minimum atomic E-state index is -0.535. The van der Waals surface area contributed by atoms with E-state index in [-0.39, 0.29) is 12.0 Å². The van der Waals surface area contributed by atoms with E-state index >= 15 is 0 Å². The van der Waals surface area contributed by atoms with E-state index in [0.717, 1.165) is 47.4 Å². The van der Waals surface area contributed by atoms with E-state index in [1.807, 2.05) is 6.07 Å². The molecule has 0 aromatic carbocycles. The van der Waals surface area contributed by atoms with Gasteiger partial charge in [0.25, 0.3) is 0 Å². The fraction of sp³-hybridized carbons (Fsp3) is 0.588. The van der Waals surface area contributed by atoms with Gasteiger partial charge in [-0.3, -0.25) is 4.98 Å². The molecule has 0 amide bonds. The Kier molecular flexibility index (Phi) is 4.00. The number of rotatable bonds is 3. The minimum absolute atomic E-state index is 0.221. The van der Waals surface area contributed by atoms with E-state index in [1.165, 1.54) is 0 Å². The van der Waals surface area contributed by atoms with Gasteiger partial charge in [-0.15, -0.1) is 0 Å². The highest BCUT2D eigenvalue weighted by atomic mass is 16.5. The van der Waals surface area contributed by atoms with Crippen molar-refractivity contribution in [2.24, 2.45) is 0 Å². The van der Waals surface area contributed by atoms with Gasteiger partial charge in [-0.2, -0.15) is 4.98 Å². The molecule has 2 atom stereocenters. The molecule has 3 heterocycles. The molecule has 0 saturated carbocycles. The van der Waals surface area contributed by atoms with Crippen LogP contribution in [0.25, 0.3) is 10.9 Å². The second-order valence-corrected chi connectivity index (χ2v) is 6.29. The first kappa shape index (κ1) is 15.2. The van der Waals surface area contributed by atoms with Gasteiger partial charge in [-0.25, -0.2) is 4.98 Å². The molecule has 3 rings (SSSR count). The van der Waals surface area contributed by atoms with Crippen molar-refractivity contribution in [3.8, 4) is 5.88 Å². The molecule has 1 aliphatic rings. The number of aliphatic hydroxyl groups excluding tert-OH is 1. The smallest absolute Gasteiger partial charge is 0.226 e. The topological polar surface area (TPSA) is 68.1 Å². The molecule has 22 heavy (non-hydrogen) atoms. The average Bonchev–Trinajstić information content (AvgIpc) is 2.67. The molecule has 1 unspecified atom stereocenters. The van der Waals surface area contributed by atoms with E-state index in [2.05, 4.69) is 25.8 Å². The van der Waals surface area contributed by atoms with Crippen molar-refractivity contribution in [2.75, 3.05) is 0 Å². The summed E-state index contributed by atoms with van der Waals surface area (Å²) in [5.41, 5.74) is 2.93. The Morgan fingerprint density at radius 2 is 2.05 bits per heavy atom. The molecule has 2 aromatic heterocycles. The molecule has 0 radical (unpaired) electrons. The zero-order valence-electron chi connectivity index (χ0n) is 13.6. The highest BCUT2D eigenvalue weighted by Crippen LogP contribution is 2.33. The molecule has 0 saturated heterocycles. The lowest BCUT2D eigenvalue weighted by atomic mass is 10.1. The Balaban J connectivity index is 2.23. The van der Waals surface area contributed by atoms with E-state index in [0.29, 0.717) is 5.88 Å². The fourth-order valence-electron chi connectivity index (χ4n) is 2.80. The van der Waals surface area contributed by atoms with E-state index in [4.69, 9.17) is 14.7 Å². The van der Waals surface area contributed by atoms with E-state index in [1.54, 1.807) is 6.92 Å². The SMILES string of the molecule is CCc1cc2nc(C(C)C)nc3c2c(n1)CC[C@H](C(C)O)O3. The lowest BCUT2D eigenvalue weighted by Crippen LogP contribution is -2.29. The third kappa shape index (κ3) is 2.65. The van der Waals surface area contributed by atoms with Crippen molar-refractivity contribution in [1.29, 1.82) is 0 Å². The van der Waals surface area contributed by atoms with Gasteiger partial charge in [0, 0.05) is 11.6 Å². The maximum atomic E-state index is 9.93. The summed E-state index contributed by atoms with van der Waals surface area (Å²) >= 11 is 0. The highest BCUT2D eigenvalue weighted by molar-refractivity contribution is 5.86. The summed E-state index contributed by atoms with van der Waals surface area (Å²) in [5, 5.41) is 10.8. The summed E-state index contributed by atoms with van der Waals surface area (Å²) in [5.74, 6) is 1.56. The van der Waals surface area contributed by atoms with Gasteiger partial charge < -0.3 is 9.84 Å². The molecule has 0 bridgehead atoms. The van der Waals surface area contributed by atoms with Crippen LogP contribution in [0.4, 0.5) is 0 Å². The molecule has 2 aromatic rings. The van der Waals surface area contributed by atoms with Crippen LogP contribution in [0.15, 0.2) is 6.07 Å². The molecule has 1 aliphatic heterocycles. The van der Waals surface area contributed by atoms with Crippen LogP contribution in [0.1, 0.15) is 57.2 Å². The highest BCUT2D eigenvalue weighted by Gasteiger charge is 2.26. The molecular formula is C17H23N3O2. The Morgan fingerprint density at radius 1 is 1.27 bits per heavy atom. The average molecular weight is 301 g/mol. The van der Waals surface area contributed by atoms with Crippen LogP contribution < -0.4 is 4.74 Å². The number of aromatic nitrogens is 3. The van der Waals surface area contributed by atoms with Crippen molar-refractivity contribution >= 4 is 10.9 Å². The van der Waals surface area contributed by atoms with Crippen molar-refractivity contribution in [2.45, 2.75) is 65.1 Å². The Morgan fingerprint density at radius 3 is 2.68 bits per heavy atom. The second kappa shape index (κ2) is 5.80. The third-order valence-electron chi connectivity index (χ3n) is 4.14. The maximum Gasteiger partial charge on any atom is 0.226 e. The Labute approximate surface area is 130 Å². The monoisotopic (exact) mass is 301 g/mol. The summed E-state index contributed by atoms with van der Waals surface area (Å²) in [4.78, 5) is 14.0. The first-order valence-electron chi connectivity index (χ1n) is 8.04. The number of aryl methyl sites for hydroxylation is 2. The van der Waals surface area contributed by atoms with Gasteiger partial charge in [-0.05, 0) is 32.3 Å². The predicted octanol–water partition coefficient (Wildman–Crippen LogP) is 2.79. The molecule has 118 valence electrons. The zero-order valence-corrected chi connectivity index (χ0v) is 13.6. The van der Waals surface area contributed by atoms with Crippen molar-refractivity contribution in [1.82, 2.24) is 15.0 Å². The zero-order chi connectivity index (χ0) is 15.9. The van der Waals surface area contributed by atoms with Gasteiger partial charge in [0.1, 0.15) is 11.9 Å². The number of hydrogen-bond donors (Lipinski definition) is 1. The van der Waals surface area contributed by atoms with Crippen molar-refractivity contribution in [3.05, 3.63) is 23.3 Å². The van der Waals surface area contributed by atoms with Gasteiger partial charge >= 0.3 is 0 Å². The molecule has 5 heteroatoms. The Bertz CT molecular complexity index is 698. The van der Waals surface area contributed by atoms with Gasteiger partial charge in [0.15, 0.2) is 0 Å². The van der Waals surface area contributed by atoms with Crippen LogP contribution >= 0.6 is 0 Å². The van der Waals surface area contributed by atoms with E-state index < -0.39 is 6.10 Å². The minimum Gasteiger partial charge on any atom is -0.471 e.